The summed E-state index contributed by atoms with van der Waals surface area (Å²) in [6.45, 7) is 8.94. The number of likely N-dealkylation sites (tertiary alicyclic amines) is 1. The van der Waals surface area contributed by atoms with Crippen LogP contribution in [-0.4, -0.2) is 84.0 Å². The highest BCUT2D eigenvalue weighted by Crippen LogP contribution is 2.32. The molecule has 2 heterocycles. The normalized spacial score (nSPS) is 24.9. The van der Waals surface area contributed by atoms with Crippen molar-refractivity contribution >= 4 is 5.69 Å². The number of aliphatic hydroxyl groups excluding tert-OH is 1. The van der Waals surface area contributed by atoms with Gasteiger partial charge in [0.25, 0.3) is 0 Å². The third kappa shape index (κ3) is 5.92. The van der Waals surface area contributed by atoms with E-state index < -0.39 is 17.3 Å². The summed E-state index contributed by atoms with van der Waals surface area (Å²) in [4.78, 5) is 4.35. The number of hydrogen-bond donors (Lipinski definition) is 3. The van der Waals surface area contributed by atoms with Crippen LogP contribution in [0.15, 0.2) is 36.4 Å². The van der Waals surface area contributed by atoms with Crippen LogP contribution in [0.3, 0.4) is 0 Å². The molecule has 0 radical (unpaired) electrons. The van der Waals surface area contributed by atoms with Gasteiger partial charge in [-0.2, -0.15) is 0 Å². The predicted molar refractivity (Wildman–Crippen MR) is 138 cm³/mol. The molecule has 0 aromatic heterocycles. The van der Waals surface area contributed by atoms with Crippen molar-refractivity contribution in [1.29, 1.82) is 0 Å². The first kappa shape index (κ1) is 25.8. The molecule has 35 heavy (non-hydrogen) atoms. The second kappa shape index (κ2) is 10.3. The molecule has 0 bridgehead atoms. The number of rotatable bonds is 7. The van der Waals surface area contributed by atoms with Gasteiger partial charge in [0.2, 0.25) is 0 Å². The van der Waals surface area contributed by atoms with E-state index in [-0.39, 0.29) is 13.2 Å². The Balaban J connectivity index is 1.36. The fourth-order valence-corrected chi connectivity index (χ4v) is 5.34. The molecule has 0 aliphatic carbocycles. The maximum absolute atomic E-state index is 11.4. The number of ether oxygens (including phenoxy) is 2. The van der Waals surface area contributed by atoms with Crippen LogP contribution < -0.4 is 14.4 Å². The number of aliphatic hydroxyl groups is 3. The standard InChI is InChI=1S/C28H40N2O5/c1-20-14-21(2)22(3)25(15-20)35-19-28(33)18-29(11-8-26(28)31)17-27(32)9-12-30(13-10-27)23-6-5-7-24(16-23)34-4/h5-7,14-16,26,31-33H,8-13,17-19H2,1-4H3/t26-,28-/m0/s1. The van der Waals surface area contributed by atoms with Gasteiger partial charge in [-0.1, -0.05) is 12.1 Å². The lowest BCUT2D eigenvalue weighted by Gasteiger charge is -2.46. The summed E-state index contributed by atoms with van der Waals surface area (Å²) in [5, 5.41) is 33.3. The van der Waals surface area contributed by atoms with Gasteiger partial charge in [0.15, 0.2) is 0 Å². The lowest BCUT2D eigenvalue weighted by atomic mass is 9.86. The van der Waals surface area contributed by atoms with Gasteiger partial charge in [0.05, 0.1) is 18.8 Å². The molecule has 2 fully saturated rings. The van der Waals surface area contributed by atoms with Crippen LogP contribution >= 0.6 is 0 Å². The maximum Gasteiger partial charge on any atom is 0.137 e. The zero-order valence-electron chi connectivity index (χ0n) is 21.5. The molecule has 2 saturated heterocycles. The van der Waals surface area contributed by atoms with Crippen molar-refractivity contribution in [3.8, 4) is 11.5 Å². The highest BCUT2D eigenvalue weighted by molar-refractivity contribution is 5.51. The second-order valence-corrected chi connectivity index (χ2v) is 10.5. The summed E-state index contributed by atoms with van der Waals surface area (Å²) in [5.41, 5.74) is 2.16. The van der Waals surface area contributed by atoms with Crippen LogP contribution in [0.25, 0.3) is 0 Å². The fraction of sp³-hybridized carbons (Fsp3) is 0.571. The lowest BCUT2D eigenvalue weighted by molar-refractivity contribution is -0.149. The number of methoxy groups -OCH3 is 1. The van der Waals surface area contributed by atoms with Crippen molar-refractivity contribution in [2.45, 2.75) is 57.3 Å². The number of benzene rings is 2. The zero-order chi connectivity index (χ0) is 25.2. The molecule has 7 nitrogen and oxygen atoms in total. The smallest absolute Gasteiger partial charge is 0.137 e. The first-order valence-corrected chi connectivity index (χ1v) is 12.6. The minimum absolute atomic E-state index is 0.0104. The molecule has 0 spiro atoms. The van der Waals surface area contributed by atoms with Gasteiger partial charge in [-0.3, -0.25) is 4.90 Å². The predicted octanol–water partition coefficient (Wildman–Crippen LogP) is 2.83. The van der Waals surface area contributed by atoms with Crippen molar-refractivity contribution in [2.24, 2.45) is 0 Å². The van der Waals surface area contributed by atoms with Crippen LogP contribution in [0.1, 0.15) is 36.0 Å². The minimum atomic E-state index is -1.39. The quantitative estimate of drug-likeness (QED) is 0.557. The Morgan fingerprint density at radius 3 is 2.49 bits per heavy atom. The van der Waals surface area contributed by atoms with Crippen LogP contribution in [0, 0.1) is 20.8 Å². The molecule has 192 valence electrons. The molecule has 2 aromatic rings. The summed E-state index contributed by atoms with van der Waals surface area (Å²) < 4.78 is 11.4. The maximum atomic E-state index is 11.4. The van der Waals surface area contributed by atoms with E-state index in [0.29, 0.717) is 32.4 Å². The number of anilines is 1. The average Bonchev–Trinajstić information content (AvgIpc) is 2.83. The third-order valence-corrected chi connectivity index (χ3v) is 7.71. The Kier molecular flexibility index (Phi) is 7.62. The molecule has 0 saturated carbocycles. The minimum Gasteiger partial charge on any atom is -0.497 e. The lowest BCUT2D eigenvalue weighted by Crippen LogP contribution is -2.62. The SMILES string of the molecule is COc1cccc(N2CCC(O)(CN3CC[C@H](O)[C@@](O)(COc4cc(C)cc(C)c4C)C3)CC2)c1. The molecule has 3 N–H and O–H groups in total. The number of aryl methyl sites for hydroxylation is 2. The summed E-state index contributed by atoms with van der Waals surface area (Å²) in [6.07, 6.45) is 0.854. The number of β-amino-alcohol motifs (C(OH)–C–C–N with tert-alkyl or cyclic N) is 2. The van der Waals surface area contributed by atoms with Gasteiger partial charge < -0.3 is 29.7 Å². The Morgan fingerprint density at radius 2 is 1.77 bits per heavy atom. The number of hydrogen-bond acceptors (Lipinski definition) is 7. The summed E-state index contributed by atoms with van der Waals surface area (Å²) in [6, 6.07) is 12.1. The molecule has 0 unspecified atom stereocenters. The zero-order valence-corrected chi connectivity index (χ0v) is 21.5. The molecule has 0 amide bonds. The van der Waals surface area contributed by atoms with Gasteiger partial charge in [0, 0.05) is 44.5 Å². The molecule has 7 heteroatoms. The van der Waals surface area contributed by atoms with Gasteiger partial charge in [-0.15, -0.1) is 0 Å². The van der Waals surface area contributed by atoms with E-state index in [9.17, 15) is 15.3 Å². The highest BCUT2D eigenvalue weighted by Gasteiger charge is 2.44. The van der Waals surface area contributed by atoms with Crippen LogP contribution in [-0.2, 0) is 0 Å². The second-order valence-electron chi connectivity index (χ2n) is 10.5. The Bertz CT molecular complexity index is 1020. The highest BCUT2D eigenvalue weighted by atomic mass is 16.5. The topological polar surface area (TPSA) is 85.6 Å². The molecule has 2 aromatic carbocycles. The van der Waals surface area contributed by atoms with Crippen LogP contribution in [0.2, 0.25) is 0 Å². The van der Waals surface area contributed by atoms with E-state index in [2.05, 4.69) is 21.9 Å². The van der Waals surface area contributed by atoms with E-state index >= 15 is 0 Å². The monoisotopic (exact) mass is 484 g/mol. The Labute approximate surface area is 208 Å². The molecule has 4 rings (SSSR count). The third-order valence-electron chi connectivity index (χ3n) is 7.71. The van der Waals surface area contributed by atoms with E-state index in [1.54, 1.807) is 7.11 Å². The Morgan fingerprint density at radius 1 is 1.03 bits per heavy atom. The molecular weight excluding hydrogens is 444 g/mol. The molecule has 2 aliphatic rings. The Hall–Kier alpha value is -2.32. The molecule has 2 atom stereocenters. The first-order valence-electron chi connectivity index (χ1n) is 12.6. The average molecular weight is 485 g/mol. The van der Waals surface area contributed by atoms with Crippen LogP contribution in [0.4, 0.5) is 5.69 Å². The van der Waals surface area contributed by atoms with Gasteiger partial charge in [0.1, 0.15) is 23.7 Å². The number of piperidine rings is 2. The van der Waals surface area contributed by atoms with Crippen LogP contribution in [0.5, 0.6) is 11.5 Å². The van der Waals surface area contributed by atoms with E-state index in [4.69, 9.17) is 9.47 Å². The van der Waals surface area contributed by atoms with E-state index in [0.717, 1.165) is 47.0 Å². The van der Waals surface area contributed by atoms with Crippen molar-refractivity contribution in [3.63, 3.8) is 0 Å². The molecular formula is C28H40N2O5. The van der Waals surface area contributed by atoms with Gasteiger partial charge >= 0.3 is 0 Å². The molecule has 2 aliphatic heterocycles. The van der Waals surface area contributed by atoms with Crippen molar-refractivity contribution < 1.29 is 24.8 Å². The van der Waals surface area contributed by atoms with E-state index in [1.165, 1.54) is 0 Å². The first-order chi connectivity index (χ1) is 16.6. The van der Waals surface area contributed by atoms with Crippen molar-refractivity contribution in [2.75, 3.05) is 51.3 Å². The fourth-order valence-electron chi connectivity index (χ4n) is 5.34. The van der Waals surface area contributed by atoms with Crippen molar-refractivity contribution in [1.82, 2.24) is 4.90 Å². The summed E-state index contributed by atoms with van der Waals surface area (Å²) in [7, 11) is 1.67. The van der Waals surface area contributed by atoms with Crippen molar-refractivity contribution in [3.05, 3.63) is 53.1 Å². The van der Waals surface area contributed by atoms with E-state index in [1.807, 2.05) is 45.0 Å². The number of nitrogens with zero attached hydrogens (tertiary/aromatic N) is 2. The summed E-state index contributed by atoms with van der Waals surface area (Å²) in [5.74, 6) is 1.57. The van der Waals surface area contributed by atoms with Gasteiger partial charge in [-0.25, -0.2) is 0 Å². The van der Waals surface area contributed by atoms with Gasteiger partial charge in [-0.05, 0) is 74.9 Å². The largest absolute Gasteiger partial charge is 0.497 e. The summed E-state index contributed by atoms with van der Waals surface area (Å²) >= 11 is 0.